The van der Waals surface area contributed by atoms with Crippen molar-refractivity contribution >= 4 is 5.91 Å². The molecular formula is C16H22N2O2. The van der Waals surface area contributed by atoms with Gasteiger partial charge in [0.15, 0.2) is 0 Å². The van der Waals surface area contributed by atoms with Crippen molar-refractivity contribution < 1.29 is 9.53 Å². The van der Waals surface area contributed by atoms with Gasteiger partial charge < -0.3 is 9.64 Å². The first kappa shape index (κ1) is 13.6. The van der Waals surface area contributed by atoms with E-state index < -0.39 is 0 Å². The van der Waals surface area contributed by atoms with Crippen molar-refractivity contribution in [1.82, 2.24) is 9.80 Å². The van der Waals surface area contributed by atoms with Crippen LogP contribution in [0.15, 0.2) is 30.3 Å². The normalized spacial score (nSPS) is 23.9. The summed E-state index contributed by atoms with van der Waals surface area (Å²) in [5.74, 6) is 0.0943. The van der Waals surface area contributed by atoms with Gasteiger partial charge in [-0.15, -0.1) is 0 Å². The second-order valence-electron chi connectivity index (χ2n) is 5.67. The number of rotatable bonds is 4. The number of hydrogen-bond acceptors (Lipinski definition) is 3. The average Bonchev–Trinajstić information content (AvgIpc) is 3.32. The molecule has 1 heterocycles. The molecule has 0 bridgehead atoms. The molecule has 0 radical (unpaired) electrons. The highest BCUT2D eigenvalue weighted by atomic mass is 16.5. The van der Waals surface area contributed by atoms with Crippen LogP contribution in [0.2, 0.25) is 0 Å². The van der Waals surface area contributed by atoms with E-state index in [-0.39, 0.29) is 18.6 Å². The summed E-state index contributed by atoms with van der Waals surface area (Å²) in [6.45, 7) is 2.92. The highest BCUT2D eigenvalue weighted by Gasteiger charge is 2.37. The van der Waals surface area contributed by atoms with Gasteiger partial charge in [0.05, 0.1) is 6.04 Å². The molecule has 3 rings (SSSR count). The van der Waals surface area contributed by atoms with E-state index in [2.05, 4.69) is 17.0 Å². The monoisotopic (exact) mass is 274 g/mol. The Kier molecular flexibility index (Phi) is 4.03. The van der Waals surface area contributed by atoms with Gasteiger partial charge in [-0.1, -0.05) is 30.3 Å². The third-order valence-electron chi connectivity index (χ3n) is 4.25. The summed E-state index contributed by atoms with van der Waals surface area (Å²) in [4.78, 5) is 16.8. The minimum absolute atomic E-state index is 0.0943. The van der Waals surface area contributed by atoms with Crippen molar-refractivity contribution in [2.45, 2.75) is 24.9 Å². The summed E-state index contributed by atoms with van der Waals surface area (Å²) in [5.41, 5.74) is 1.22. The van der Waals surface area contributed by atoms with Gasteiger partial charge in [0.25, 0.3) is 0 Å². The predicted octanol–water partition coefficient (Wildman–Crippen LogP) is 1.68. The summed E-state index contributed by atoms with van der Waals surface area (Å²) < 4.78 is 5.02. The Balaban J connectivity index is 1.79. The standard InChI is InChI=1S/C16H22N2O2/c1-20-12-16(19)18-10-9-17(14-7-8-14)11-15(18)13-5-3-2-4-6-13/h2-6,14-15H,7-12H2,1H3. The molecule has 20 heavy (non-hydrogen) atoms. The number of hydrogen-bond donors (Lipinski definition) is 0. The lowest BCUT2D eigenvalue weighted by atomic mass is 10.0. The molecular weight excluding hydrogens is 252 g/mol. The van der Waals surface area contributed by atoms with E-state index >= 15 is 0 Å². The van der Waals surface area contributed by atoms with Gasteiger partial charge in [-0.05, 0) is 18.4 Å². The van der Waals surface area contributed by atoms with Crippen LogP contribution in [0.25, 0.3) is 0 Å². The second-order valence-corrected chi connectivity index (χ2v) is 5.67. The lowest BCUT2D eigenvalue weighted by molar-refractivity contribution is -0.140. The molecule has 1 aliphatic heterocycles. The molecule has 0 spiro atoms. The Labute approximate surface area is 120 Å². The van der Waals surface area contributed by atoms with Crippen LogP contribution < -0.4 is 0 Å². The van der Waals surface area contributed by atoms with Gasteiger partial charge in [-0.25, -0.2) is 0 Å². The van der Waals surface area contributed by atoms with Crippen molar-refractivity contribution in [2.75, 3.05) is 33.4 Å². The smallest absolute Gasteiger partial charge is 0.249 e. The molecule has 1 saturated heterocycles. The molecule has 108 valence electrons. The third-order valence-corrected chi connectivity index (χ3v) is 4.25. The van der Waals surface area contributed by atoms with Gasteiger partial charge in [0.2, 0.25) is 5.91 Å². The Morgan fingerprint density at radius 2 is 2.00 bits per heavy atom. The summed E-state index contributed by atoms with van der Waals surface area (Å²) in [7, 11) is 1.58. The number of piperazine rings is 1. The molecule has 2 fully saturated rings. The summed E-state index contributed by atoms with van der Waals surface area (Å²) in [6.07, 6.45) is 2.63. The third kappa shape index (κ3) is 2.86. The zero-order valence-corrected chi connectivity index (χ0v) is 12.0. The van der Waals surface area contributed by atoms with Gasteiger partial charge in [-0.3, -0.25) is 9.69 Å². The van der Waals surface area contributed by atoms with Crippen molar-refractivity contribution in [3.05, 3.63) is 35.9 Å². The largest absolute Gasteiger partial charge is 0.375 e. The molecule has 4 nitrogen and oxygen atoms in total. The van der Waals surface area contributed by atoms with E-state index in [1.165, 1.54) is 18.4 Å². The van der Waals surface area contributed by atoms with E-state index in [1.807, 2.05) is 23.1 Å². The van der Waals surface area contributed by atoms with Gasteiger partial charge in [-0.2, -0.15) is 0 Å². The number of carbonyl (C=O) groups is 1. The topological polar surface area (TPSA) is 32.8 Å². The zero-order valence-electron chi connectivity index (χ0n) is 12.0. The first-order valence-corrected chi connectivity index (χ1v) is 7.37. The SMILES string of the molecule is COCC(=O)N1CCN(C2CC2)CC1c1ccccc1. The van der Waals surface area contributed by atoms with E-state index in [0.717, 1.165) is 25.7 Å². The molecule has 2 aliphatic rings. The first-order chi connectivity index (χ1) is 9.79. The van der Waals surface area contributed by atoms with Crippen molar-refractivity contribution in [1.29, 1.82) is 0 Å². The fourth-order valence-electron chi connectivity index (χ4n) is 3.04. The van der Waals surface area contributed by atoms with Gasteiger partial charge in [0, 0.05) is 32.8 Å². The van der Waals surface area contributed by atoms with E-state index in [9.17, 15) is 4.79 Å². The highest BCUT2D eigenvalue weighted by molar-refractivity contribution is 5.78. The molecule has 0 N–H and O–H groups in total. The van der Waals surface area contributed by atoms with Gasteiger partial charge >= 0.3 is 0 Å². The Hall–Kier alpha value is -1.39. The predicted molar refractivity (Wildman–Crippen MR) is 77.4 cm³/mol. The van der Waals surface area contributed by atoms with Crippen LogP contribution in [0.5, 0.6) is 0 Å². The number of benzene rings is 1. The second kappa shape index (κ2) is 5.94. The first-order valence-electron chi connectivity index (χ1n) is 7.37. The lowest BCUT2D eigenvalue weighted by Gasteiger charge is -2.42. The lowest BCUT2D eigenvalue weighted by Crippen LogP contribution is -2.52. The maximum atomic E-state index is 12.3. The molecule has 1 amide bonds. The average molecular weight is 274 g/mol. The Morgan fingerprint density at radius 3 is 2.65 bits per heavy atom. The van der Waals surface area contributed by atoms with Crippen LogP contribution in [-0.2, 0) is 9.53 Å². The summed E-state index contributed by atoms with van der Waals surface area (Å²) >= 11 is 0. The Bertz CT molecular complexity index is 459. The molecule has 1 aromatic carbocycles. The number of ether oxygens (including phenoxy) is 1. The number of amides is 1. The van der Waals surface area contributed by atoms with Gasteiger partial charge in [0.1, 0.15) is 6.61 Å². The number of nitrogens with zero attached hydrogens (tertiary/aromatic N) is 2. The zero-order chi connectivity index (χ0) is 13.9. The van der Waals surface area contributed by atoms with Crippen molar-refractivity contribution in [3.63, 3.8) is 0 Å². The molecule has 1 atom stereocenters. The minimum atomic E-state index is 0.0943. The quantitative estimate of drug-likeness (QED) is 0.837. The van der Waals surface area contributed by atoms with E-state index in [4.69, 9.17) is 4.74 Å². The van der Waals surface area contributed by atoms with Crippen LogP contribution in [0, 0.1) is 0 Å². The maximum Gasteiger partial charge on any atom is 0.249 e. The number of carbonyl (C=O) groups excluding carboxylic acids is 1. The molecule has 0 aromatic heterocycles. The van der Waals surface area contributed by atoms with Crippen LogP contribution in [0.1, 0.15) is 24.4 Å². The van der Waals surface area contributed by atoms with Crippen molar-refractivity contribution in [2.24, 2.45) is 0 Å². The maximum absolute atomic E-state index is 12.3. The van der Waals surface area contributed by atoms with E-state index in [0.29, 0.717) is 0 Å². The fraction of sp³-hybridized carbons (Fsp3) is 0.562. The van der Waals surface area contributed by atoms with Crippen LogP contribution in [-0.4, -0.2) is 55.1 Å². The summed E-state index contributed by atoms with van der Waals surface area (Å²) in [5, 5.41) is 0. The molecule has 1 unspecified atom stereocenters. The van der Waals surface area contributed by atoms with Crippen LogP contribution >= 0.6 is 0 Å². The Morgan fingerprint density at radius 1 is 1.25 bits per heavy atom. The fourth-order valence-corrected chi connectivity index (χ4v) is 3.04. The van der Waals surface area contributed by atoms with E-state index in [1.54, 1.807) is 7.11 Å². The number of methoxy groups -OCH3 is 1. The van der Waals surface area contributed by atoms with Crippen LogP contribution in [0.3, 0.4) is 0 Å². The molecule has 1 aliphatic carbocycles. The minimum Gasteiger partial charge on any atom is -0.375 e. The molecule has 1 aromatic rings. The molecule has 1 saturated carbocycles. The highest BCUT2D eigenvalue weighted by Crippen LogP contribution is 2.33. The molecule has 4 heteroatoms. The van der Waals surface area contributed by atoms with Crippen LogP contribution in [0.4, 0.5) is 0 Å². The summed E-state index contributed by atoms with van der Waals surface area (Å²) in [6, 6.07) is 11.3. The van der Waals surface area contributed by atoms with Crippen molar-refractivity contribution in [3.8, 4) is 0 Å².